The van der Waals surface area contributed by atoms with Crippen LogP contribution in [0.15, 0.2) is 36.4 Å². The first kappa shape index (κ1) is 25.2. The molecule has 0 bridgehead atoms. The number of aromatic nitrogens is 4. The number of phenols is 2. The Morgan fingerprint density at radius 2 is 1.76 bits per heavy atom. The summed E-state index contributed by atoms with van der Waals surface area (Å²) in [4.78, 5) is 16.9. The lowest BCUT2D eigenvalue weighted by Gasteiger charge is -2.20. The Labute approximate surface area is 200 Å². The molecule has 2 aromatic carbocycles. The highest BCUT2D eigenvalue weighted by Crippen LogP contribution is 2.39. The van der Waals surface area contributed by atoms with Crippen LogP contribution in [0.3, 0.4) is 0 Å². The molecular weight excluding hydrogens is 432 g/mol. The predicted octanol–water partition coefficient (Wildman–Crippen LogP) is 3.63. The summed E-state index contributed by atoms with van der Waals surface area (Å²) in [6, 6.07) is 10.1. The van der Waals surface area contributed by atoms with Crippen LogP contribution in [0.4, 0.5) is 0 Å². The van der Waals surface area contributed by atoms with Gasteiger partial charge in [-0.2, -0.15) is 0 Å². The van der Waals surface area contributed by atoms with Crippen LogP contribution < -0.4 is 0 Å². The molecule has 0 atom stereocenters. The van der Waals surface area contributed by atoms with Gasteiger partial charge >= 0.3 is 0 Å². The fourth-order valence-corrected chi connectivity index (χ4v) is 3.72. The molecule has 0 fully saturated rings. The lowest BCUT2D eigenvalue weighted by Crippen LogP contribution is -2.30. The maximum absolute atomic E-state index is 13.0. The third kappa shape index (κ3) is 5.91. The van der Waals surface area contributed by atoms with Gasteiger partial charge in [-0.05, 0) is 67.2 Å². The van der Waals surface area contributed by atoms with Crippen molar-refractivity contribution in [3.05, 3.63) is 42.0 Å². The number of carbonyl (C=O) groups is 1. The van der Waals surface area contributed by atoms with Gasteiger partial charge in [0.25, 0.3) is 5.91 Å². The van der Waals surface area contributed by atoms with Crippen LogP contribution in [0.25, 0.3) is 22.5 Å². The van der Waals surface area contributed by atoms with Gasteiger partial charge in [0.15, 0.2) is 5.82 Å². The maximum atomic E-state index is 13.0. The smallest absolute Gasteiger partial charge is 0.253 e. The number of aryl methyl sites for hydroxylation is 1. The van der Waals surface area contributed by atoms with Crippen LogP contribution in [-0.4, -0.2) is 79.9 Å². The Kier molecular flexibility index (Phi) is 8.59. The molecule has 1 amide bonds. The van der Waals surface area contributed by atoms with Gasteiger partial charge in [-0.3, -0.25) is 4.79 Å². The SMILES string of the molecule is CCCCn1nnnc1-c1cc(-c2cccc(C(=O)N(C)CCCN(C)CC)c2)c(O)cc1O. The van der Waals surface area contributed by atoms with Gasteiger partial charge in [0.1, 0.15) is 11.5 Å². The number of benzene rings is 2. The van der Waals surface area contributed by atoms with Gasteiger partial charge < -0.3 is 20.0 Å². The van der Waals surface area contributed by atoms with E-state index in [0.717, 1.165) is 32.4 Å². The highest BCUT2D eigenvalue weighted by molar-refractivity contribution is 5.95. The predicted molar refractivity (Wildman–Crippen MR) is 132 cm³/mol. The Balaban J connectivity index is 1.87. The average molecular weight is 467 g/mol. The molecule has 3 rings (SSSR count). The number of unbranched alkanes of at least 4 members (excludes halogenated alkanes) is 1. The first-order chi connectivity index (χ1) is 16.3. The third-order valence-corrected chi connectivity index (χ3v) is 5.95. The molecule has 0 saturated heterocycles. The first-order valence-corrected chi connectivity index (χ1v) is 11.7. The molecule has 0 saturated carbocycles. The van der Waals surface area contributed by atoms with Crippen molar-refractivity contribution in [2.75, 3.05) is 33.7 Å². The molecule has 0 aliphatic carbocycles. The van der Waals surface area contributed by atoms with E-state index >= 15 is 0 Å². The van der Waals surface area contributed by atoms with E-state index < -0.39 is 0 Å². The second-order valence-corrected chi connectivity index (χ2v) is 8.52. The number of hydrogen-bond donors (Lipinski definition) is 2. The Morgan fingerprint density at radius 1 is 1.00 bits per heavy atom. The molecule has 0 aliphatic heterocycles. The van der Waals surface area contributed by atoms with Crippen LogP contribution in [0.1, 0.15) is 43.5 Å². The number of amides is 1. The average Bonchev–Trinajstić information content (AvgIpc) is 3.30. The first-order valence-electron chi connectivity index (χ1n) is 11.7. The number of aromatic hydroxyl groups is 2. The summed E-state index contributed by atoms with van der Waals surface area (Å²) in [5.41, 5.74) is 2.10. The second-order valence-electron chi connectivity index (χ2n) is 8.52. The van der Waals surface area contributed by atoms with Crippen molar-refractivity contribution in [3.63, 3.8) is 0 Å². The largest absolute Gasteiger partial charge is 0.507 e. The minimum Gasteiger partial charge on any atom is -0.507 e. The van der Waals surface area contributed by atoms with Crippen molar-refractivity contribution < 1.29 is 15.0 Å². The van der Waals surface area contributed by atoms with E-state index in [-0.39, 0.29) is 17.4 Å². The lowest BCUT2D eigenvalue weighted by atomic mass is 9.98. The van der Waals surface area contributed by atoms with Gasteiger partial charge in [-0.15, -0.1) is 5.10 Å². The number of tetrazole rings is 1. The van der Waals surface area contributed by atoms with Crippen LogP contribution >= 0.6 is 0 Å². The Bertz CT molecular complexity index is 1110. The zero-order chi connectivity index (χ0) is 24.7. The van der Waals surface area contributed by atoms with Gasteiger partial charge in [-0.25, -0.2) is 4.68 Å². The number of nitrogens with zero attached hydrogens (tertiary/aromatic N) is 6. The minimum atomic E-state index is -0.113. The third-order valence-electron chi connectivity index (χ3n) is 5.95. The van der Waals surface area contributed by atoms with E-state index in [0.29, 0.717) is 41.2 Å². The molecule has 1 heterocycles. The fraction of sp³-hybridized carbons (Fsp3) is 0.440. The van der Waals surface area contributed by atoms with Crippen molar-refractivity contribution in [3.8, 4) is 34.0 Å². The monoisotopic (exact) mass is 466 g/mol. The van der Waals surface area contributed by atoms with Crippen LogP contribution in [0.2, 0.25) is 0 Å². The molecule has 2 N–H and O–H groups in total. The number of hydrogen-bond acceptors (Lipinski definition) is 7. The molecule has 3 aromatic rings. The van der Waals surface area contributed by atoms with Crippen LogP contribution in [-0.2, 0) is 6.54 Å². The molecule has 182 valence electrons. The van der Waals surface area contributed by atoms with Crippen molar-refractivity contribution in [2.24, 2.45) is 0 Å². The second kappa shape index (κ2) is 11.6. The van der Waals surface area contributed by atoms with Gasteiger partial charge in [0.2, 0.25) is 0 Å². The number of carbonyl (C=O) groups excluding carboxylic acids is 1. The normalized spacial score (nSPS) is 11.2. The Morgan fingerprint density at radius 3 is 2.50 bits per heavy atom. The van der Waals surface area contributed by atoms with Gasteiger partial charge in [0, 0.05) is 37.3 Å². The molecule has 34 heavy (non-hydrogen) atoms. The van der Waals surface area contributed by atoms with Crippen LogP contribution in [0, 0.1) is 0 Å². The molecule has 0 radical (unpaired) electrons. The summed E-state index contributed by atoms with van der Waals surface area (Å²) in [7, 11) is 3.86. The summed E-state index contributed by atoms with van der Waals surface area (Å²) in [6.45, 7) is 7.37. The standard InChI is InChI=1S/C25H34N6O3/c1-5-7-14-31-24(26-27-28-31)21-16-20(22(32)17-23(21)33)18-10-8-11-19(15-18)25(34)30(4)13-9-12-29(3)6-2/h8,10-11,15-17,32-33H,5-7,9,12-14H2,1-4H3. The maximum Gasteiger partial charge on any atom is 0.253 e. The molecule has 9 nitrogen and oxygen atoms in total. The van der Waals surface area contributed by atoms with E-state index in [2.05, 4.69) is 41.3 Å². The molecule has 0 aliphatic rings. The molecule has 1 aromatic heterocycles. The lowest BCUT2D eigenvalue weighted by molar-refractivity contribution is 0.0790. The molecule has 0 spiro atoms. The quantitative estimate of drug-likeness (QED) is 0.444. The zero-order valence-electron chi connectivity index (χ0n) is 20.4. The van der Waals surface area contributed by atoms with Gasteiger partial charge in [0.05, 0.1) is 5.56 Å². The van der Waals surface area contributed by atoms with Crippen LogP contribution in [0.5, 0.6) is 11.5 Å². The van der Waals surface area contributed by atoms with Crippen molar-refractivity contribution in [1.82, 2.24) is 30.0 Å². The van der Waals surface area contributed by atoms with Crippen molar-refractivity contribution >= 4 is 5.91 Å². The topological polar surface area (TPSA) is 108 Å². The number of rotatable bonds is 11. The fourth-order valence-electron chi connectivity index (χ4n) is 3.72. The van der Waals surface area contributed by atoms with E-state index in [1.165, 1.54) is 6.07 Å². The summed E-state index contributed by atoms with van der Waals surface area (Å²) in [5.74, 6) is 0.145. The summed E-state index contributed by atoms with van der Waals surface area (Å²) in [5, 5.41) is 32.9. The molecule has 0 unspecified atom stereocenters. The van der Waals surface area contributed by atoms with E-state index in [1.807, 2.05) is 6.07 Å². The summed E-state index contributed by atoms with van der Waals surface area (Å²) in [6.07, 6.45) is 2.77. The zero-order valence-corrected chi connectivity index (χ0v) is 20.4. The minimum absolute atomic E-state index is 0.0806. The molecular formula is C25H34N6O3. The molecule has 9 heteroatoms. The number of phenolic OH excluding ortho intramolecular Hbond substituents is 2. The van der Waals surface area contributed by atoms with E-state index in [1.54, 1.807) is 40.9 Å². The van der Waals surface area contributed by atoms with E-state index in [9.17, 15) is 15.0 Å². The summed E-state index contributed by atoms with van der Waals surface area (Å²) >= 11 is 0. The van der Waals surface area contributed by atoms with E-state index in [4.69, 9.17) is 0 Å². The highest BCUT2D eigenvalue weighted by atomic mass is 16.3. The Hall–Kier alpha value is -3.46. The van der Waals surface area contributed by atoms with Gasteiger partial charge in [-0.1, -0.05) is 32.4 Å². The van der Waals surface area contributed by atoms with Crippen molar-refractivity contribution in [1.29, 1.82) is 0 Å². The highest BCUT2D eigenvalue weighted by Gasteiger charge is 2.19. The van der Waals surface area contributed by atoms with Crippen molar-refractivity contribution in [2.45, 2.75) is 39.7 Å². The summed E-state index contributed by atoms with van der Waals surface area (Å²) < 4.78 is 1.64.